The van der Waals surface area contributed by atoms with Crippen LogP contribution >= 0.6 is 0 Å². The molecule has 0 heterocycles. The van der Waals surface area contributed by atoms with E-state index in [1.165, 1.54) is 283 Å². The Kier molecular flexibility index (Phi) is 62.5. The lowest BCUT2D eigenvalue weighted by atomic mass is 10.0. The molecule has 0 bridgehead atoms. The molecule has 0 saturated heterocycles. The van der Waals surface area contributed by atoms with Gasteiger partial charge in [0.15, 0.2) is 12.4 Å². The summed E-state index contributed by atoms with van der Waals surface area (Å²) >= 11 is 0. The Labute approximate surface area is 509 Å². The zero-order valence-corrected chi connectivity index (χ0v) is 55.1. The van der Waals surface area contributed by atoms with Crippen LogP contribution in [-0.2, 0) is 33.3 Å². The van der Waals surface area contributed by atoms with Gasteiger partial charge in [-0.2, -0.15) is 0 Å². The van der Waals surface area contributed by atoms with Gasteiger partial charge in [-0.05, 0) is 70.6 Å². The van der Waals surface area contributed by atoms with Crippen LogP contribution in [0.15, 0.2) is 36.5 Å². The molecule has 482 valence electrons. The summed E-state index contributed by atoms with van der Waals surface area (Å²) in [7, 11) is 5.94. The topological polar surface area (TPSA) is 111 Å². The number of carboxylic acids is 1. The zero-order valence-electron chi connectivity index (χ0n) is 55.1. The minimum absolute atomic E-state index is 0.150. The van der Waals surface area contributed by atoms with Crippen LogP contribution in [0.25, 0.3) is 0 Å². The molecular formula is C73H137NO8. The van der Waals surface area contributed by atoms with Crippen molar-refractivity contribution >= 4 is 17.9 Å². The maximum absolute atomic E-state index is 12.9. The molecule has 0 amide bonds. The number of ether oxygens (including phenoxy) is 4. The van der Waals surface area contributed by atoms with Crippen molar-refractivity contribution in [2.75, 3.05) is 47.5 Å². The van der Waals surface area contributed by atoms with Crippen LogP contribution < -0.4 is 5.11 Å². The van der Waals surface area contributed by atoms with Gasteiger partial charge in [0.25, 0.3) is 0 Å². The van der Waals surface area contributed by atoms with E-state index in [1.54, 1.807) is 0 Å². The summed E-state index contributed by atoms with van der Waals surface area (Å²) in [5, 5.41) is 11.8. The van der Waals surface area contributed by atoms with Gasteiger partial charge in [-0.1, -0.05) is 307 Å². The standard InChI is InChI=1S/C73H137NO8/c1-6-8-10-12-14-16-18-20-22-24-26-27-28-29-30-31-32-33-34-35-36-37-38-39-40-41-42-43-44-45-46-48-50-52-54-56-58-60-62-64-71(76)82-69(68-81-73(72(77)78)79-66-65-74(3,4)5)67-80-70(75)63-61-59-57-55-53-51-49-47-25-23-21-19-17-15-13-11-9-7-2/h18,20,23-26,69,73H,6-17,19,21-22,27-68H2,1-5H3/b20-18-,25-23-,26-24-. The predicted octanol–water partition coefficient (Wildman–Crippen LogP) is 20.6. The van der Waals surface area contributed by atoms with Crippen molar-refractivity contribution in [3.05, 3.63) is 36.5 Å². The molecule has 0 aromatic heterocycles. The van der Waals surface area contributed by atoms with Gasteiger partial charge < -0.3 is 33.3 Å². The Bertz CT molecular complexity index is 1440. The van der Waals surface area contributed by atoms with E-state index in [1.807, 2.05) is 21.1 Å². The van der Waals surface area contributed by atoms with E-state index in [4.69, 9.17) is 18.9 Å². The van der Waals surface area contributed by atoms with Gasteiger partial charge >= 0.3 is 11.9 Å². The molecule has 9 heteroatoms. The van der Waals surface area contributed by atoms with E-state index in [-0.39, 0.29) is 32.2 Å². The quantitative estimate of drug-likeness (QED) is 0.0195. The van der Waals surface area contributed by atoms with Gasteiger partial charge in [-0.3, -0.25) is 9.59 Å². The molecule has 2 atom stereocenters. The molecule has 9 nitrogen and oxygen atoms in total. The molecule has 0 aliphatic rings. The smallest absolute Gasteiger partial charge is 0.306 e. The summed E-state index contributed by atoms with van der Waals surface area (Å²) in [6.07, 6.45) is 78.2. The van der Waals surface area contributed by atoms with Crippen LogP contribution in [0.2, 0.25) is 0 Å². The highest BCUT2D eigenvalue weighted by Gasteiger charge is 2.22. The van der Waals surface area contributed by atoms with E-state index in [2.05, 4.69) is 50.3 Å². The molecule has 0 aliphatic heterocycles. The summed E-state index contributed by atoms with van der Waals surface area (Å²) in [6.45, 7) is 4.79. The number of aliphatic carboxylic acids is 1. The van der Waals surface area contributed by atoms with Gasteiger partial charge in [0.1, 0.15) is 13.2 Å². The maximum Gasteiger partial charge on any atom is 0.306 e. The van der Waals surface area contributed by atoms with Crippen molar-refractivity contribution in [1.29, 1.82) is 0 Å². The number of esters is 2. The molecule has 0 saturated carbocycles. The highest BCUT2D eigenvalue weighted by molar-refractivity contribution is 5.70. The number of allylic oxidation sites excluding steroid dienone is 6. The molecule has 0 aromatic rings. The molecule has 0 N–H and O–H groups in total. The monoisotopic (exact) mass is 1160 g/mol. The summed E-state index contributed by atoms with van der Waals surface area (Å²) in [6, 6.07) is 0. The van der Waals surface area contributed by atoms with Crippen LogP contribution in [0.1, 0.15) is 354 Å². The number of hydrogen-bond donors (Lipinski definition) is 0. The lowest BCUT2D eigenvalue weighted by molar-refractivity contribution is -0.870. The number of likely N-dealkylation sites (N-methyl/N-ethyl adjacent to an activating group) is 1. The van der Waals surface area contributed by atoms with Crippen LogP contribution in [0.5, 0.6) is 0 Å². The van der Waals surface area contributed by atoms with E-state index in [0.29, 0.717) is 17.4 Å². The lowest BCUT2D eigenvalue weighted by Crippen LogP contribution is -2.44. The minimum atomic E-state index is -1.62. The van der Waals surface area contributed by atoms with Crippen molar-refractivity contribution < 1.29 is 42.9 Å². The van der Waals surface area contributed by atoms with Crippen molar-refractivity contribution in [3.63, 3.8) is 0 Å². The second-order valence-corrected chi connectivity index (χ2v) is 25.5. The zero-order chi connectivity index (χ0) is 59.8. The number of carbonyl (C=O) groups is 3. The van der Waals surface area contributed by atoms with Crippen LogP contribution in [-0.4, -0.2) is 82.3 Å². The molecule has 82 heavy (non-hydrogen) atoms. The van der Waals surface area contributed by atoms with E-state index in [0.717, 1.165) is 44.9 Å². The van der Waals surface area contributed by atoms with E-state index < -0.39 is 24.3 Å². The van der Waals surface area contributed by atoms with Crippen molar-refractivity contribution in [2.24, 2.45) is 0 Å². The fourth-order valence-electron chi connectivity index (χ4n) is 10.6. The summed E-state index contributed by atoms with van der Waals surface area (Å²) < 4.78 is 22.8. The van der Waals surface area contributed by atoms with Gasteiger partial charge in [0, 0.05) is 12.8 Å². The van der Waals surface area contributed by atoms with Gasteiger partial charge in [-0.15, -0.1) is 0 Å². The molecule has 0 fully saturated rings. The van der Waals surface area contributed by atoms with Gasteiger partial charge in [-0.25, -0.2) is 0 Å². The molecular weight excluding hydrogens is 1020 g/mol. The van der Waals surface area contributed by atoms with Crippen LogP contribution in [0.4, 0.5) is 0 Å². The summed E-state index contributed by atoms with van der Waals surface area (Å²) in [5.74, 6) is -2.26. The second-order valence-electron chi connectivity index (χ2n) is 25.5. The molecule has 0 aromatic carbocycles. The fourth-order valence-corrected chi connectivity index (χ4v) is 10.6. The Morgan fingerprint density at radius 1 is 0.366 bits per heavy atom. The highest BCUT2D eigenvalue weighted by Crippen LogP contribution is 2.19. The van der Waals surface area contributed by atoms with Crippen molar-refractivity contribution in [2.45, 2.75) is 367 Å². The average Bonchev–Trinajstić information content (AvgIpc) is 3.45. The summed E-state index contributed by atoms with van der Waals surface area (Å²) in [5.41, 5.74) is 0. The lowest BCUT2D eigenvalue weighted by Gasteiger charge is -2.26. The number of rotatable bonds is 67. The SMILES string of the molecule is CCCCCCC/C=C\C/C=C\CCCCCCCCCCCCCCCCCCCCCCCCCCCCCC(=O)OC(COC(=O)CCCCCCCCC/C=C\CCCCCCCCC)COC(OCC[N+](C)(C)C)C(=O)[O-]. The first-order chi connectivity index (χ1) is 40.1. The fraction of sp³-hybridized carbons (Fsp3) is 0.877. The molecule has 0 spiro atoms. The number of carboxylic acid groups (broad SMARTS) is 1. The Balaban J connectivity index is 3.95. The average molecular weight is 1160 g/mol. The van der Waals surface area contributed by atoms with Crippen LogP contribution in [0, 0.1) is 0 Å². The largest absolute Gasteiger partial charge is 0.545 e. The molecule has 0 rings (SSSR count). The number of unbranched alkanes of at least 4 members (excludes halogenated alkanes) is 46. The van der Waals surface area contributed by atoms with Crippen molar-refractivity contribution in [3.8, 4) is 0 Å². The first kappa shape index (κ1) is 79.5. The molecule has 0 radical (unpaired) electrons. The van der Waals surface area contributed by atoms with E-state index in [9.17, 15) is 19.5 Å². The second kappa shape index (κ2) is 64.5. The van der Waals surface area contributed by atoms with Crippen molar-refractivity contribution in [1.82, 2.24) is 0 Å². The van der Waals surface area contributed by atoms with Gasteiger partial charge in [0.2, 0.25) is 0 Å². The third kappa shape index (κ3) is 65.1. The van der Waals surface area contributed by atoms with E-state index >= 15 is 0 Å². The first-order valence-corrected chi connectivity index (χ1v) is 35.6. The normalized spacial score (nSPS) is 12.8. The van der Waals surface area contributed by atoms with Gasteiger partial charge in [0.05, 0.1) is 40.3 Å². The third-order valence-corrected chi connectivity index (χ3v) is 16.1. The Morgan fingerprint density at radius 3 is 0.976 bits per heavy atom. The summed E-state index contributed by atoms with van der Waals surface area (Å²) in [4.78, 5) is 37.4. The maximum atomic E-state index is 12.9. The number of nitrogens with zero attached hydrogens (tertiary/aromatic N) is 1. The first-order valence-electron chi connectivity index (χ1n) is 35.6. The Hall–Kier alpha value is -2.49. The number of hydrogen-bond acceptors (Lipinski definition) is 8. The molecule has 0 aliphatic carbocycles. The third-order valence-electron chi connectivity index (χ3n) is 16.1. The number of carbonyl (C=O) groups excluding carboxylic acids is 3. The Morgan fingerprint density at radius 2 is 0.659 bits per heavy atom. The predicted molar refractivity (Wildman–Crippen MR) is 348 cm³/mol. The molecule has 2 unspecified atom stereocenters. The van der Waals surface area contributed by atoms with Crippen LogP contribution in [0.3, 0.4) is 0 Å². The highest BCUT2D eigenvalue weighted by atomic mass is 16.7. The number of quaternary nitrogens is 1. The minimum Gasteiger partial charge on any atom is -0.545 e.